The fourth-order valence-electron chi connectivity index (χ4n) is 1.92. The molecule has 96 valence electrons. The molecule has 0 aliphatic heterocycles. The Hall–Kier alpha value is -1.10. The fourth-order valence-corrected chi connectivity index (χ4v) is 2.59. The predicted molar refractivity (Wildman–Crippen MR) is 80.8 cm³/mol. The molecule has 0 amide bonds. The Kier molecular flexibility index (Phi) is 3.48. The standard InChI is InChI=1S/C13H8BrCl2N3/c14-11-6-17-13-10(18-11)4-5-19(13)7-8-2-1-3-9(15)12(8)16/h1-6H,7H2. The van der Waals surface area contributed by atoms with Gasteiger partial charge >= 0.3 is 0 Å². The van der Waals surface area contributed by atoms with Crippen LogP contribution in [-0.2, 0) is 6.54 Å². The lowest BCUT2D eigenvalue weighted by molar-refractivity contribution is 0.824. The maximum Gasteiger partial charge on any atom is 0.159 e. The third kappa shape index (κ3) is 2.48. The van der Waals surface area contributed by atoms with E-state index in [0.717, 1.165) is 21.3 Å². The molecule has 3 aromatic rings. The van der Waals surface area contributed by atoms with Crippen LogP contribution in [0.4, 0.5) is 0 Å². The quantitative estimate of drug-likeness (QED) is 0.674. The minimum Gasteiger partial charge on any atom is -0.327 e. The van der Waals surface area contributed by atoms with Crippen LogP contribution < -0.4 is 0 Å². The number of benzene rings is 1. The molecule has 0 atom stereocenters. The molecule has 0 saturated carbocycles. The van der Waals surface area contributed by atoms with Gasteiger partial charge in [-0.25, -0.2) is 9.97 Å². The van der Waals surface area contributed by atoms with Crippen LogP contribution in [0.5, 0.6) is 0 Å². The van der Waals surface area contributed by atoms with Crippen LogP contribution in [0.25, 0.3) is 11.2 Å². The number of halogens is 3. The molecule has 0 aliphatic rings. The van der Waals surface area contributed by atoms with Crippen LogP contribution >= 0.6 is 39.1 Å². The van der Waals surface area contributed by atoms with E-state index in [-0.39, 0.29) is 0 Å². The van der Waals surface area contributed by atoms with E-state index in [4.69, 9.17) is 23.2 Å². The van der Waals surface area contributed by atoms with Crippen molar-refractivity contribution in [3.05, 3.63) is 56.9 Å². The third-order valence-corrected chi connectivity index (χ3v) is 4.05. The highest BCUT2D eigenvalue weighted by Crippen LogP contribution is 2.27. The van der Waals surface area contributed by atoms with Gasteiger partial charge in [0.15, 0.2) is 5.65 Å². The second-order valence-corrected chi connectivity index (χ2v) is 5.66. The van der Waals surface area contributed by atoms with Gasteiger partial charge in [-0.1, -0.05) is 35.3 Å². The van der Waals surface area contributed by atoms with Crippen molar-refractivity contribution in [3.8, 4) is 0 Å². The van der Waals surface area contributed by atoms with E-state index in [0.29, 0.717) is 16.6 Å². The minimum atomic E-state index is 0.560. The van der Waals surface area contributed by atoms with Crippen molar-refractivity contribution in [2.45, 2.75) is 6.54 Å². The largest absolute Gasteiger partial charge is 0.327 e. The Morgan fingerprint density at radius 2 is 2.05 bits per heavy atom. The molecule has 3 rings (SSSR count). The first-order valence-corrected chi connectivity index (χ1v) is 7.10. The topological polar surface area (TPSA) is 30.7 Å². The van der Waals surface area contributed by atoms with Crippen LogP contribution in [0.15, 0.2) is 41.3 Å². The van der Waals surface area contributed by atoms with E-state index >= 15 is 0 Å². The first kappa shape index (κ1) is 12.9. The van der Waals surface area contributed by atoms with Gasteiger partial charge in [0, 0.05) is 6.20 Å². The van der Waals surface area contributed by atoms with Gasteiger partial charge in [0.25, 0.3) is 0 Å². The van der Waals surface area contributed by atoms with Crippen LogP contribution in [0, 0.1) is 0 Å². The van der Waals surface area contributed by atoms with E-state index in [1.165, 1.54) is 0 Å². The highest BCUT2D eigenvalue weighted by atomic mass is 79.9. The van der Waals surface area contributed by atoms with Crippen molar-refractivity contribution in [2.75, 3.05) is 0 Å². The molecular weight excluding hydrogens is 349 g/mol. The average Bonchev–Trinajstić information content (AvgIpc) is 2.77. The van der Waals surface area contributed by atoms with Gasteiger partial charge in [-0.05, 0) is 33.6 Å². The monoisotopic (exact) mass is 355 g/mol. The molecule has 19 heavy (non-hydrogen) atoms. The number of hydrogen-bond donors (Lipinski definition) is 0. The van der Waals surface area contributed by atoms with Crippen molar-refractivity contribution in [2.24, 2.45) is 0 Å². The van der Waals surface area contributed by atoms with E-state index in [2.05, 4.69) is 25.9 Å². The second kappa shape index (κ2) is 5.12. The zero-order valence-electron chi connectivity index (χ0n) is 9.65. The van der Waals surface area contributed by atoms with Gasteiger partial charge < -0.3 is 4.57 Å². The van der Waals surface area contributed by atoms with Crippen LogP contribution in [0.1, 0.15) is 5.56 Å². The third-order valence-electron chi connectivity index (χ3n) is 2.81. The lowest BCUT2D eigenvalue weighted by atomic mass is 10.2. The average molecular weight is 357 g/mol. The molecule has 2 aromatic heterocycles. The van der Waals surface area contributed by atoms with E-state index in [1.807, 2.05) is 29.0 Å². The molecule has 1 aromatic carbocycles. The van der Waals surface area contributed by atoms with E-state index in [9.17, 15) is 0 Å². The molecule has 0 bridgehead atoms. The number of nitrogens with zero attached hydrogens (tertiary/aromatic N) is 3. The SMILES string of the molecule is Clc1cccc(Cn2ccc3nc(Br)cnc32)c1Cl. The molecule has 0 N–H and O–H groups in total. The number of rotatable bonds is 2. The number of fused-ring (bicyclic) bond motifs is 1. The van der Waals surface area contributed by atoms with E-state index in [1.54, 1.807) is 12.3 Å². The molecule has 0 unspecified atom stereocenters. The van der Waals surface area contributed by atoms with Crippen molar-refractivity contribution < 1.29 is 0 Å². The van der Waals surface area contributed by atoms with Crippen molar-refractivity contribution in [3.63, 3.8) is 0 Å². The Balaban J connectivity index is 2.04. The molecular formula is C13H8BrCl2N3. The van der Waals surface area contributed by atoms with Gasteiger partial charge in [-0.2, -0.15) is 0 Å². The van der Waals surface area contributed by atoms with Gasteiger partial charge in [0.2, 0.25) is 0 Å². The molecule has 0 spiro atoms. The second-order valence-electron chi connectivity index (χ2n) is 4.06. The Labute approximate surface area is 128 Å². The summed E-state index contributed by atoms with van der Waals surface area (Å²) in [7, 11) is 0. The van der Waals surface area contributed by atoms with Crippen LogP contribution in [-0.4, -0.2) is 14.5 Å². The highest BCUT2D eigenvalue weighted by molar-refractivity contribution is 9.10. The Morgan fingerprint density at radius 1 is 1.21 bits per heavy atom. The zero-order chi connectivity index (χ0) is 13.4. The van der Waals surface area contributed by atoms with Gasteiger partial charge in [0.05, 0.1) is 22.8 Å². The summed E-state index contributed by atoms with van der Waals surface area (Å²) in [5.74, 6) is 0. The van der Waals surface area contributed by atoms with Gasteiger partial charge in [-0.15, -0.1) is 0 Å². The fraction of sp³-hybridized carbons (Fsp3) is 0.0769. The summed E-state index contributed by atoms with van der Waals surface area (Å²) in [6.45, 7) is 0.610. The van der Waals surface area contributed by atoms with Gasteiger partial charge in [-0.3, -0.25) is 0 Å². The lowest BCUT2D eigenvalue weighted by Crippen LogP contribution is -2.00. The molecule has 0 aliphatic carbocycles. The van der Waals surface area contributed by atoms with E-state index < -0.39 is 0 Å². The van der Waals surface area contributed by atoms with Crippen molar-refractivity contribution >= 4 is 50.3 Å². The van der Waals surface area contributed by atoms with Gasteiger partial charge in [0.1, 0.15) is 10.1 Å². The highest BCUT2D eigenvalue weighted by Gasteiger charge is 2.08. The lowest BCUT2D eigenvalue weighted by Gasteiger charge is -2.07. The molecule has 0 saturated heterocycles. The molecule has 3 nitrogen and oxygen atoms in total. The minimum absolute atomic E-state index is 0.560. The molecule has 2 heterocycles. The number of aromatic nitrogens is 3. The van der Waals surface area contributed by atoms with Crippen molar-refractivity contribution in [1.82, 2.24) is 14.5 Å². The Bertz CT molecular complexity index is 755. The normalized spacial score (nSPS) is 11.1. The smallest absolute Gasteiger partial charge is 0.159 e. The first-order valence-electron chi connectivity index (χ1n) is 5.55. The summed E-state index contributed by atoms with van der Waals surface area (Å²) < 4.78 is 2.71. The maximum absolute atomic E-state index is 6.20. The Morgan fingerprint density at radius 3 is 2.89 bits per heavy atom. The molecule has 6 heteroatoms. The summed E-state index contributed by atoms with van der Waals surface area (Å²) in [6, 6.07) is 7.54. The first-order chi connectivity index (χ1) is 9.15. The van der Waals surface area contributed by atoms with Crippen LogP contribution in [0.2, 0.25) is 10.0 Å². The maximum atomic E-state index is 6.20. The summed E-state index contributed by atoms with van der Waals surface area (Å²) in [5, 5.41) is 1.14. The summed E-state index contributed by atoms with van der Waals surface area (Å²) in [4.78, 5) is 8.72. The summed E-state index contributed by atoms with van der Waals surface area (Å²) in [5.41, 5.74) is 2.61. The molecule has 0 radical (unpaired) electrons. The van der Waals surface area contributed by atoms with Crippen LogP contribution in [0.3, 0.4) is 0 Å². The predicted octanol–water partition coefficient (Wildman–Crippen LogP) is 4.55. The zero-order valence-corrected chi connectivity index (χ0v) is 12.7. The number of hydrogen-bond acceptors (Lipinski definition) is 2. The van der Waals surface area contributed by atoms with Crippen molar-refractivity contribution in [1.29, 1.82) is 0 Å². The summed E-state index contributed by atoms with van der Waals surface area (Å²) in [6.07, 6.45) is 3.62. The molecule has 0 fully saturated rings. The summed E-state index contributed by atoms with van der Waals surface area (Å²) >= 11 is 15.5.